The first kappa shape index (κ1) is 13.5. The largest absolute Gasteiger partial charge is 0.481 e. The van der Waals surface area contributed by atoms with Crippen molar-refractivity contribution < 1.29 is 15.0 Å². The fourth-order valence-corrected chi connectivity index (χ4v) is 1.73. The summed E-state index contributed by atoms with van der Waals surface area (Å²) in [6.07, 6.45) is -0.753. The van der Waals surface area contributed by atoms with Crippen molar-refractivity contribution in [3.8, 4) is 0 Å². The summed E-state index contributed by atoms with van der Waals surface area (Å²) in [5.74, 6) is -1.92. The van der Waals surface area contributed by atoms with E-state index in [4.69, 9.17) is 23.3 Å². The highest BCUT2D eigenvalue weighted by Gasteiger charge is 2.23. The van der Waals surface area contributed by atoms with Gasteiger partial charge >= 0.3 is 5.97 Å². The Balaban J connectivity index is 2.92. The smallest absolute Gasteiger partial charge is 0.309 e. The van der Waals surface area contributed by atoms with E-state index in [2.05, 4.69) is 4.85 Å². The number of carbonyl (C=O) groups is 1. The number of carboxylic acids is 1. The maximum Gasteiger partial charge on any atom is 0.309 e. The number of nitrogens with zero attached hydrogens (tertiary/aromatic N) is 1. The van der Waals surface area contributed by atoms with Crippen LogP contribution in [0.15, 0.2) is 18.2 Å². The molecule has 0 radical (unpaired) electrons. The van der Waals surface area contributed by atoms with E-state index >= 15 is 0 Å². The average molecular weight is 254 g/mol. The van der Waals surface area contributed by atoms with E-state index in [1.165, 1.54) is 6.92 Å². The Labute approximate surface area is 104 Å². The van der Waals surface area contributed by atoms with Gasteiger partial charge in [0.2, 0.25) is 5.69 Å². The molecule has 0 unspecified atom stereocenters. The lowest BCUT2D eigenvalue weighted by Crippen LogP contribution is -2.27. The van der Waals surface area contributed by atoms with Gasteiger partial charge < -0.3 is 10.2 Å². The summed E-state index contributed by atoms with van der Waals surface area (Å²) in [5, 5.41) is 18.6. The molecule has 1 aromatic rings. The molecule has 0 bridgehead atoms. The van der Waals surface area contributed by atoms with Gasteiger partial charge in [0.15, 0.2) is 0 Å². The molecule has 1 rings (SSSR count). The number of rotatable bonds is 4. The number of aliphatic hydroxyl groups is 1. The average Bonchev–Trinajstić information content (AvgIpc) is 2.25. The Hall–Kier alpha value is -1.57. The molecule has 0 saturated carbocycles. The molecule has 1 aromatic carbocycles. The summed E-state index contributed by atoms with van der Waals surface area (Å²) in [6, 6.07) is 4.76. The monoisotopic (exact) mass is 253 g/mol. The SMILES string of the molecule is [C-]#[N+]c1ccc(C[C@@H](C(=O)O)[C@@H](C)O)cc1Cl. The Kier molecular flexibility index (Phi) is 4.50. The number of aliphatic hydroxyl groups excluding tert-OH is 1. The van der Waals surface area contributed by atoms with E-state index in [0.717, 1.165) is 0 Å². The summed E-state index contributed by atoms with van der Waals surface area (Å²) in [5.41, 5.74) is 1.02. The van der Waals surface area contributed by atoms with Crippen molar-refractivity contribution >= 4 is 23.3 Å². The highest BCUT2D eigenvalue weighted by atomic mass is 35.5. The molecule has 0 heterocycles. The van der Waals surface area contributed by atoms with Gasteiger partial charge in [0.1, 0.15) is 0 Å². The Bertz CT molecular complexity index is 465. The topological polar surface area (TPSA) is 61.9 Å². The van der Waals surface area contributed by atoms with Crippen molar-refractivity contribution in [2.75, 3.05) is 0 Å². The third-order valence-electron chi connectivity index (χ3n) is 2.49. The van der Waals surface area contributed by atoms with Crippen LogP contribution in [-0.4, -0.2) is 22.3 Å². The van der Waals surface area contributed by atoms with Gasteiger partial charge in [-0.1, -0.05) is 29.8 Å². The van der Waals surface area contributed by atoms with Crippen molar-refractivity contribution in [1.82, 2.24) is 0 Å². The van der Waals surface area contributed by atoms with Gasteiger partial charge in [-0.25, -0.2) is 4.85 Å². The van der Waals surface area contributed by atoms with E-state index in [1.54, 1.807) is 18.2 Å². The van der Waals surface area contributed by atoms with Gasteiger partial charge in [-0.2, -0.15) is 0 Å². The zero-order valence-corrected chi connectivity index (χ0v) is 9.98. The van der Waals surface area contributed by atoms with Crippen molar-refractivity contribution in [2.24, 2.45) is 5.92 Å². The molecule has 17 heavy (non-hydrogen) atoms. The zero-order valence-electron chi connectivity index (χ0n) is 9.22. The quantitative estimate of drug-likeness (QED) is 0.811. The molecule has 0 amide bonds. The lowest BCUT2D eigenvalue weighted by atomic mass is 9.95. The second-order valence-corrected chi connectivity index (χ2v) is 4.19. The van der Waals surface area contributed by atoms with Crippen LogP contribution in [0.1, 0.15) is 12.5 Å². The van der Waals surface area contributed by atoms with E-state index in [1.807, 2.05) is 0 Å². The zero-order chi connectivity index (χ0) is 13.0. The van der Waals surface area contributed by atoms with Crippen LogP contribution >= 0.6 is 11.6 Å². The number of halogens is 1. The van der Waals surface area contributed by atoms with Crippen LogP contribution in [0.25, 0.3) is 4.85 Å². The predicted molar refractivity (Wildman–Crippen MR) is 64.2 cm³/mol. The molecule has 2 atom stereocenters. The number of hydrogen-bond acceptors (Lipinski definition) is 2. The van der Waals surface area contributed by atoms with E-state index in [-0.39, 0.29) is 6.42 Å². The fraction of sp³-hybridized carbons (Fsp3) is 0.333. The molecule has 2 N–H and O–H groups in total. The van der Waals surface area contributed by atoms with Crippen LogP contribution in [0, 0.1) is 12.5 Å². The highest BCUT2D eigenvalue weighted by Crippen LogP contribution is 2.27. The number of carboxylic acid groups (broad SMARTS) is 1. The molecule has 0 aliphatic rings. The first-order valence-corrected chi connectivity index (χ1v) is 5.40. The van der Waals surface area contributed by atoms with Gasteiger partial charge in [0, 0.05) is 5.02 Å². The highest BCUT2D eigenvalue weighted by molar-refractivity contribution is 6.33. The van der Waals surface area contributed by atoms with Crippen molar-refractivity contribution in [3.63, 3.8) is 0 Å². The van der Waals surface area contributed by atoms with Crippen molar-refractivity contribution in [3.05, 3.63) is 40.2 Å². The number of hydrogen-bond donors (Lipinski definition) is 2. The Morgan fingerprint density at radius 1 is 1.59 bits per heavy atom. The molecule has 0 aliphatic carbocycles. The minimum Gasteiger partial charge on any atom is -0.481 e. The summed E-state index contributed by atoms with van der Waals surface area (Å²) in [6.45, 7) is 8.28. The van der Waals surface area contributed by atoms with Crippen LogP contribution in [0.5, 0.6) is 0 Å². The summed E-state index contributed by atoms with van der Waals surface area (Å²) >= 11 is 5.85. The lowest BCUT2D eigenvalue weighted by molar-refractivity contribution is -0.145. The van der Waals surface area contributed by atoms with Crippen LogP contribution in [0.2, 0.25) is 5.02 Å². The van der Waals surface area contributed by atoms with Crippen LogP contribution in [-0.2, 0) is 11.2 Å². The molecule has 0 aromatic heterocycles. The molecule has 90 valence electrons. The summed E-state index contributed by atoms with van der Waals surface area (Å²) in [7, 11) is 0. The molecular formula is C12H12ClNO3. The van der Waals surface area contributed by atoms with Gasteiger partial charge in [0.05, 0.1) is 18.6 Å². The molecule has 0 saturated heterocycles. The fourth-order valence-electron chi connectivity index (χ4n) is 1.49. The minimum atomic E-state index is -1.05. The first-order chi connectivity index (χ1) is 7.95. The molecule has 0 fully saturated rings. The van der Waals surface area contributed by atoms with Gasteiger partial charge in [-0.3, -0.25) is 4.79 Å². The third-order valence-corrected chi connectivity index (χ3v) is 2.79. The van der Waals surface area contributed by atoms with E-state index < -0.39 is 18.0 Å². The van der Waals surface area contributed by atoms with E-state index in [0.29, 0.717) is 16.3 Å². The van der Waals surface area contributed by atoms with Crippen LogP contribution in [0.3, 0.4) is 0 Å². The minimum absolute atomic E-state index is 0.186. The Morgan fingerprint density at radius 3 is 2.65 bits per heavy atom. The van der Waals surface area contributed by atoms with Crippen LogP contribution in [0.4, 0.5) is 5.69 Å². The number of aliphatic carboxylic acids is 1. The van der Waals surface area contributed by atoms with Crippen LogP contribution < -0.4 is 0 Å². The second-order valence-electron chi connectivity index (χ2n) is 3.79. The maximum atomic E-state index is 10.9. The van der Waals surface area contributed by atoms with Gasteiger partial charge in [-0.05, 0) is 18.9 Å². The summed E-state index contributed by atoms with van der Waals surface area (Å²) in [4.78, 5) is 14.1. The van der Waals surface area contributed by atoms with E-state index in [9.17, 15) is 9.90 Å². The normalized spacial score (nSPS) is 13.8. The second kappa shape index (κ2) is 5.67. The third kappa shape index (κ3) is 3.45. The predicted octanol–water partition coefficient (Wildman–Crippen LogP) is 2.51. The van der Waals surface area contributed by atoms with Gasteiger partial charge in [-0.15, -0.1) is 0 Å². The molecule has 0 spiro atoms. The standard InChI is InChI=1S/C12H12ClNO3/c1-7(15)9(12(16)17)5-8-3-4-11(14-2)10(13)6-8/h3-4,6-7,9,15H,5H2,1H3,(H,16,17)/t7-,9-/m1/s1. The molecule has 0 aliphatic heterocycles. The molecule has 5 heteroatoms. The maximum absolute atomic E-state index is 10.9. The van der Waals surface area contributed by atoms with Gasteiger partial charge in [0.25, 0.3) is 0 Å². The first-order valence-electron chi connectivity index (χ1n) is 5.02. The van der Waals surface area contributed by atoms with Crippen molar-refractivity contribution in [1.29, 1.82) is 0 Å². The lowest BCUT2D eigenvalue weighted by Gasteiger charge is -2.15. The number of benzene rings is 1. The Morgan fingerprint density at radius 2 is 2.24 bits per heavy atom. The van der Waals surface area contributed by atoms with Crippen molar-refractivity contribution in [2.45, 2.75) is 19.4 Å². The molecule has 4 nitrogen and oxygen atoms in total. The molecular weight excluding hydrogens is 242 g/mol. The summed E-state index contributed by atoms with van der Waals surface area (Å²) < 4.78 is 0.